The summed E-state index contributed by atoms with van der Waals surface area (Å²) in [6.07, 6.45) is 8.33. The van der Waals surface area contributed by atoms with Gasteiger partial charge < -0.3 is 15.5 Å². The highest BCUT2D eigenvalue weighted by Crippen LogP contribution is 2.23. The minimum Gasteiger partial charge on any atom is -0.359 e. The van der Waals surface area contributed by atoms with Crippen molar-refractivity contribution in [1.29, 1.82) is 5.41 Å². The maximum atomic E-state index is 8.00. The van der Waals surface area contributed by atoms with Crippen LogP contribution in [0.25, 0.3) is 11.5 Å². The molecule has 22 heavy (non-hydrogen) atoms. The molecule has 1 saturated heterocycles. The fourth-order valence-electron chi connectivity index (χ4n) is 2.46. The van der Waals surface area contributed by atoms with Crippen LogP contribution in [0.4, 0.5) is 5.69 Å². The molecule has 0 saturated carbocycles. The van der Waals surface area contributed by atoms with Crippen molar-refractivity contribution < 1.29 is 4.74 Å². The SMILES string of the molecule is CC(=N)c1cc(-c2ncccn2)ncc1NC1CCCCO1. The number of hydrogen-bond donors (Lipinski definition) is 2. The summed E-state index contributed by atoms with van der Waals surface area (Å²) in [5.74, 6) is 0.561. The summed E-state index contributed by atoms with van der Waals surface area (Å²) in [4.78, 5) is 12.8. The smallest absolute Gasteiger partial charge is 0.178 e. The lowest BCUT2D eigenvalue weighted by Crippen LogP contribution is -2.28. The third-order valence-electron chi connectivity index (χ3n) is 3.60. The monoisotopic (exact) mass is 297 g/mol. The third-order valence-corrected chi connectivity index (χ3v) is 3.60. The second-order valence-electron chi connectivity index (χ2n) is 5.31. The summed E-state index contributed by atoms with van der Waals surface area (Å²) in [5, 5.41) is 11.3. The van der Waals surface area contributed by atoms with Crippen LogP contribution in [0.5, 0.6) is 0 Å². The van der Waals surface area contributed by atoms with Crippen LogP contribution in [0.1, 0.15) is 31.7 Å². The summed E-state index contributed by atoms with van der Waals surface area (Å²) in [6, 6.07) is 3.62. The zero-order chi connectivity index (χ0) is 15.4. The minimum absolute atomic E-state index is 0.00697. The number of anilines is 1. The van der Waals surface area contributed by atoms with E-state index < -0.39 is 0 Å². The normalized spacial score (nSPS) is 18.0. The molecular weight excluding hydrogens is 278 g/mol. The summed E-state index contributed by atoms with van der Waals surface area (Å²) >= 11 is 0. The highest BCUT2D eigenvalue weighted by atomic mass is 16.5. The molecule has 1 unspecified atom stereocenters. The Hall–Kier alpha value is -2.34. The topological polar surface area (TPSA) is 83.8 Å². The molecule has 1 fully saturated rings. The molecule has 1 aliphatic heterocycles. The molecule has 6 nitrogen and oxygen atoms in total. The standard InChI is InChI=1S/C16H19N5O/c1-11(17)12-9-13(16-18-6-4-7-19-16)20-10-14(12)21-15-5-2-3-8-22-15/h4,6-7,9-10,15,17,21H,2-3,5,8H2,1H3. The molecule has 0 spiro atoms. The molecule has 6 heteroatoms. The number of ether oxygens (including phenoxy) is 1. The average molecular weight is 297 g/mol. The van der Waals surface area contributed by atoms with E-state index in [-0.39, 0.29) is 6.23 Å². The van der Waals surface area contributed by atoms with Crippen LogP contribution in [0.3, 0.4) is 0 Å². The van der Waals surface area contributed by atoms with Crippen molar-refractivity contribution in [2.24, 2.45) is 0 Å². The van der Waals surface area contributed by atoms with E-state index in [0.29, 0.717) is 17.2 Å². The number of nitrogens with one attached hydrogen (secondary N) is 2. The molecule has 0 aromatic carbocycles. The summed E-state index contributed by atoms with van der Waals surface area (Å²) in [5.41, 5.74) is 2.75. The van der Waals surface area contributed by atoms with Gasteiger partial charge in [-0.15, -0.1) is 0 Å². The van der Waals surface area contributed by atoms with Gasteiger partial charge in [0.05, 0.1) is 11.9 Å². The van der Waals surface area contributed by atoms with Gasteiger partial charge in [-0.1, -0.05) is 0 Å². The van der Waals surface area contributed by atoms with Gasteiger partial charge in [-0.3, -0.25) is 4.98 Å². The van der Waals surface area contributed by atoms with Gasteiger partial charge in [-0.05, 0) is 38.3 Å². The Balaban J connectivity index is 1.88. The van der Waals surface area contributed by atoms with Gasteiger partial charge >= 0.3 is 0 Å². The molecule has 2 aromatic heterocycles. The third kappa shape index (κ3) is 3.28. The zero-order valence-corrected chi connectivity index (χ0v) is 12.5. The van der Waals surface area contributed by atoms with Gasteiger partial charge in [-0.2, -0.15) is 0 Å². The first-order valence-corrected chi connectivity index (χ1v) is 7.45. The number of pyridine rings is 1. The number of rotatable bonds is 4. The predicted octanol–water partition coefficient (Wildman–Crippen LogP) is 2.86. The second kappa shape index (κ2) is 6.62. The van der Waals surface area contributed by atoms with E-state index in [1.54, 1.807) is 31.6 Å². The molecule has 2 N–H and O–H groups in total. The lowest BCUT2D eigenvalue weighted by atomic mass is 10.1. The van der Waals surface area contributed by atoms with Gasteiger partial charge in [0.25, 0.3) is 0 Å². The van der Waals surface area contributed by atoms with E-state index in [2.05, 4.69) is 20.3 Å². The van der Waals surface area contributed by atoms with E-state index in [1.807, 2.05) is 6.07 Å². The molecule has 3 heterocycles. The van der Waals surface area contributed by atoms with Gasteiger partial charge in [0.2, 0.25) is 0 Å². The van der Waals surface area contributed by atoms with Crippen molar-refractivity contribution in [3.8, 4) is 11.5 Å². The molecule has 1 aliphatic rings. The number of aromatic nitrogens is 3. The zero-order valence-electron chi connectivity index (χ0n) is 12.5. The van der Waals surface area contributed by atoms with E-state index in [0.717, 1.165) is 37.1 Å². The quantitative estimate of drug-likeness (QED) is 0.848. The fraction of sp³-hybridized carbons (Fsp3) is 0.375. The molecular formula is C16H19N5O. The average Bonchev–Trinajstić information content (AvgIpc) is 2.57. The first kappa shape index (κ1) is 14.6. The second-order valence-corrected chi connectivity index (χ2v) is 5.31. The van der Waals surface area contributed by atoms with Crippen molar-refractivity contribution in [3.05, 3.63) is 36.3 Å². The molecule has 0 aliphatic carbocycles. The molecule has 1 atom stereocenters. The Morgan fingerprint density at radius 2 is 2.09 bits per heavy atom. The molecule has 3 rings (SSSR count). The Morgan fingerprint density at radius 1 is 1.27 bits per heavy atom. The highest BCUT2D eigenvalue weighted by Gasteiger charge is 2.17. The van der Waals surface area contributed by atoms with Gasteiger partial charge in [0, 0.05) is 30.3 Å². The fourth-order valence-corrected chi connectivity index (χ4v) is 2.46. The lowest BCUT2D eigenvalue weighted by molar-refractivity contribution is 0.0343. The maximum absolute atomic E-state index is 8.00. The number of hydrogen-bond acceptors (Lipinski definition) is 6. The molecule has 0 amide bonds. The minimum atomic E-state index is -0.00697. The predicted molar refractivity (Wildman–Crippen MR) is 85.0 cm³/mol. The van der Waals surface area contributed by atoms with Crippen molar-refractivity contribution in [2.75, 3.05) is 11.9 Å². The van der Waals surface area contributed by atoms with E-state index in [9.17, 15) is 0 Å². The summed E-state index contributed by atoms with van der Waals surface area (Å²) in [7, 11) is 0. The van der Waals surface area contributed by atoms with Crippen LogP contribution < -0.4 is 5.32 Å². The van der Waals surface area contributed by atoms with Gasteiger partial charge in [0.15, 0.2) is 5.82 Å². The molecule has 114 valence electrons. The van der Waals surface area contributed by atoms with E-state index in [1.165, 1.54) is 0 Å². The van der Waals surface area contributed by atoms with Crippen LogP contribution in [0.15, 0.2) is 30.7 Å². The van der Waals surface area contributed by atoms with Crippen molar-refractivity contribution in [2.45, 2.75) is 32.4 Å². The van der Waals surface area contributed by atoms with Crippen LogP contribution in [-0.4, -0.2) is 33.5 Å². The van der Waals surface area contributed by atoms with Gasteiger partial charge in [-0.25, -0.2) is 9.97 Å². The summed E-state index contributed by atoms with van der Waals surface area (Å²) in [6.45, 7) is 2.54. The van der Waals surface area contributed by atoms with E-state index >= 15 is 0 Å². The summed E-state index contributed by atoms with van der Waals surface area (Å²) < 4.78 is 5.70. The van der Waals surface area contributed by atoms with E-state index in [4.69, 9.17) is 10.1 Å². The molecule has 0 bridgehead atoms. The van der Waals surface area contributed by atoms with Crippen LogP contribution in [-0.2, 0) is 4.74 Å². The van der Waals surface area contributed by atoms with Crippen molar-refractivity contribution in [1.82, 2.24) is 15.0 Å². The largest absolute Gasteiger partial charge is 0.359 e. The Kier molecular flexibility index (Phi) is 4.39. The molecule has 2 aromatic rings. The first-order valence-electron chi connectivity index (χ1n) is 7.45. The molecule has 0 radical (unpaired) electrons. The van der Waals surface area contributed by atoms with Gasteiger partial charge in [0.1, 0.15) is 11.9 Å². The van der Waals surface area contributed by atoms with Crippen molar-refractivity contribution in [3.63, 3.8) is 0 Å². The Morgan fingerprint density at radius 3 is 2.77 bits per heavy atom. The van der Waals surface area contributed by atoms with Crippen LogP contribution >= 0.6 is 0 Å². The van der Waals surface area contributed by atoms with Crippen LogP contribution in [0.2, 0.25) is 0 Å². The van der Waals surface area contributed by atoms with Crippen molar-refractivity contribution >= 4 is 11.4 Å². The van der Waals surface area contributed by atoms with Crippen LogP contribution in [0, 0.1) is 5.41 Å². The Bertz CT molecular complexity index is 653. The Labute approximate surface area is 129 Å². The maximum Gasteiger partial charge on any atom is 0.178 e. The lowest BCUT2D eigenvalue weighted by Gasteiger charge is -2.25. The first-order chi connectivity index (χ1) is 10.7. The number of nitrogens with zero attached hydrogens (tertiary/aromatic N) is 3. The highest BCUT2D eigenvalue weighted by molar-refractivity contribution is 6.02.